The van der Waals surface area contributed by atoms with Crippen LogP contribution < -0.4 is 4.74 Å². The van der Waals surface area contributed by atoms with Crippen molar-refractivity contribution in [3.8, 4) is 17.1 Å². The van der Waals surface area contributed by atoms with Gasteiger partial charge in [-0.1, -0.05) is 42.1 Å². The molecule has 6 heteroatoms. The van der Waals surface area contributed by atoms with Crippen LogP contribution in [0, 0.1) is 0 Å². The van der Waals surface area contributed by atoms with Crippen LogP contribution in [0.25, 0.3) is 11.4 Å². The molecule has 0 spiro atoms. The van der Waals surface area contributed by atoms with E-state index in [1.165, 1.54) is 11.8 Å². The van der Waals surface area contributed by atoms with Crippen molar-refractivity contribution in [2.45, 2.75) is 37.2 Å². The summed E-state index contributed by atoms with van der Waals surface area (Å²) in [6.45, 7) is 6.08. The van der Waals surface area contributed by atoms with Crippen LogP contribution in [0.4, 0.5) is 0 Å². The van der Waals surface area contributed by atoms with E-state index in [1.54, 1.807) is 7.11 Å². The molecule has 0 saturated heterocycles. The molecule has 2 aromatic carbocycles. The molecule has 0 aliphatic carbocycles. The number of carbonyl (C=O) groups is 1. The molecule has 1 aromatic heterocycles. The lowest BCUT2D eigenvalue weighted by molar-refractivity contribution is 0.0994. The van der Waals surface area contributed by atoms with E-state index in [-0.39, 0.29) is 17.1 Å². The maximum atomic E-state index is 12.7. The van der Waals surface area contributed by atoms with Crippen LogP contribution in [0.2, 0.25) is 0 Å². The average Bonchev–Trinajstić information content (AvgIpc) is 3.11. The van der Waals surface area contributed by atoms with Crippen LogP contribution in [0.15, 0.2) is 59.8 Å². The Bertz CT molecular complexity index is 905. The maximum absolute atomic E-state index is 12.7. The second-order valence-corrected chi connectivity index (χ2v) is 7.80. The molecular formula is C21H23N3O2S. The van der Waals surface area contributed by atoms with Crippen LogP contribution in [0.5, 0.6) is 5.75 Å². The van der Waals surface area contributed by atoms with E-state index in [4.69, 9.17) is 4.74 Å². The predicted octanol–water partition coefficient (Wildman–Crippen LogP) is 4.90. The third kappa shape index (κ3) is 4.22. The predicted molar refractivity (Wildman–Crippen MR) is 108 cm³/mol. The number of rotatable bonds is 7. The zero-order valence-corrected chi connectivity index (χ0v) is 16.7. The molecule has 3 rings (SSSR count). The fourth-order valence-electron chi connectivity index (χ4n) is 2.81. The van der Waals surface area contributed by atoms with E-state index in [2.05, 4.69) is 28.6 Å². The molecule has 27 heavy (non-hydrogen) atoms. The van der Waals surface area contributed by atoms with Crippen molar-refractivity contribution in [3.05, 3.63) is 60.2 Å². The topological polar surface area (TPSA) is 57.0 Å². The lowest BCUT2D eigenvalue weighted by Crippen LogP contribution is -2.15. The first-order valence-electron chi connectivity index (χ1n) is 8.86. The van der Waals surface area contributed by atoms with Crippen molar-refractivity contribution in [2.75, 3.05) is 7.11 Å². The Morgan fingerprint density at radius 3 is 2.26 bits per heavy atom. The first-order chi connectivity index (χ1) is 13.0. The van der Waals surface area contributed by atoms with Crippen LogP contribution in [0.3, 0.4) is 0 Å². The van der Waals surface area contributed by atoms with Crippen molar-refractivity contribution < 1.29 is 9.53 Å². The summed E-state index contributed by atoms with van der Waals surface area (Å²) in [6.07, 6.45) is 0. The molecule has 3 aromatic rings. The molecule has 1 heterocycles. The molecule has 0 amide bonds. The first kappa shape index (κ1) is 19.2. The number of ketones is 1. The Balaban J connectivity index is 1.87. The minimum Gasteiger partial charge on any atom is -0.497 e. The van der Waals surface area contributed by atoms with Gasteiger partial charge in [-0.15, -0.1) is 10.2 Å². The summed E-state index contributed by atoms with van der Waals surface area (Å²) in [7, 11) is 1.64. The zero-order chi connectivity index (χ0) is 19.4. The summed E-state index contributed by atoms with van der Waals surface area (Å²) in [4.78, 5) is 12.7. The Morgan fingerprint density at radius 2 is 1.67 bits per heavy atom. The van der Waals surface area contributed by atoms with E-state index in [9.17, 15) is 4.79 Å². The van der Waals surface area contributed by atoms with Crippen LogP contribution in [0.1, 0.15) is 37.2 Å². The van der Waals surface area contributed by atoms with Crippen molar-refractivity contribution in [2.24, 2.45) is 0 Å². The number of benzene rings is 2. The second-order valence-electron chi connectivity index (χ2n) is 6.49. The van der Waals surface area contributed by atoms with Gasteiger partial charge in [0.15, 0.2) is 16.8 Å². The number of carbonyl (C=O) groups excluding carboxylic acids is 1. The minimum atomic E-state index is -0.252. The zero-order valence-electron chi connectivity index (χ0n) is 15.9. The Kier molecular flexibility index (Phi) is 5.96. The number of methoxy groups -OCH3 is 1. The van der Waals surface area contributed by atoms with Gasteiger partial charge in [-0.05, 0) is 45.0 Å². The molecule has 0 bridgehead atoms. The summed E-state index contributed by atoms with van der Waals surface area (Å²) in [5.74, 6) is 1.67. The number of ether oxygens (including phenoxy) is 1. The number of hydrogen-bond donors (Lipinski definition) is 0. The third-order valence-corrected chi connectivity index (χ3v) is 5.30. The Morgan fingerprint density at radius 1 is 1.00 bits per heavy atom. The highest BCUT2D eigenvalue weighted by atomic mass is 32.2. The number of hydrogen-bond acceptors (Lipinski definition) is 5. The van der Waals surface area contributed by atoms with Crippen molar-refractivity contribution >= 4 is 17.5 Å². The van der Waals surface area contributed by atoms with Gasteiger partial charge in [0.25, 0.3) is 0 Å². The fourth-order valence-corrected chi connectivity index (χ4v) is 3.87. The largest absolute Gasteiger partial charge is 0.497 e. The summed E-state index contributed by atoms with van der Waals surface area (Å²) < 4.78 is 7.30. The van der Waals surface area contributed by atoms with E-state index in [1.807, 2.05) is 61.5 Å². The maximum Gasteiger partial charge on any atom is 0.192 e. The van der Waals surface area contributed by atoms with Gasteiger partial charge in [-0.2, -0.15) is 0 Å². The van der Waals surface area contributed by atoms with Gasteiger partial charge in [-0.3, -0.25) is 9.36 Å². The SMILES string of the molecule is COc1ccc(-c2nnc(S[C@@H](C)C(=O)c3ccccc3)n2C(C)C)cc1. The van der Waals surface area contributed by atoms with Crippen LogP contribution in [-0.4, -0.2) is 32.9 Å². The lowest BCUT2D eigenvalue weighted by atomic mass is 10.1. The van der Waals surface area contributed by atoms with Gasteiger partial charge in [0.2, 0.25) is 0 Å². The first-order valence-corrected chi connectivity index (χ1v) is 9.74. The van der Waals surface area contributed by atoms with Gasteiger partial charge in [-0.25, -0.2) is 0 Å². The fraction of sp³-hybridized carbons (Fsp3) is 0.286. The molecule has 0 fully saturated rings. The van der Waals surface area contributed by atoms with Gasteiger partial charge < -0.3 is 4.74 Å². The van der Waals surface area contributed by atoms with E-state index >= 15 is 0 Å². The molecular weight excluding hydrogens is 358 g/mol. The lowest BCUT2D eigenvalue weighted by Gasteiger charge is -2.16. The molecule has 0 radical (unpaired) electrons. The molecule has 140 valence electrons. The average molecular weight is 382 g/mol. The molecule has 0 N–H and O–H groups in total. The van der Waals surface area contributed by atoms with Crippen molar-refractivity contribution in [3.63, 3.8) is 0 Å². The number of nitrogens with zero attached hydrogens (tertiary/aromatic N) is 3. The second kappa shape index (κ2) is 8.39. The highest BCUT2D eigenvalue weighted by molar-refractivity contribution is 8.00. The Hall–Kier alpha value is -2.60. The van der Waals surface area contributed by atoms with Crippen molar-refractivity contribution in [1.82, 2.24) is 14.8 Å². The molecule has 5 nitrogen and oxygen atoms in total. The van der Waals surface area contributed by atoms with Crippen LogP contribution in [-0.2, 0) is 0 Å². The normalized spacial score (nSPS) is 12.2. The minimum absolute atomic E-state index is 0.0879. The molecule has 0 aliphatic rings. The smallest absolute Gasteiger partial charge is 0.192 e. The van der Waals surface area contributed by atoms with Gasteiger partial charge in [0.1, 0.15) is 5.75 Å². The highest BCUT2D eigenvalue weighted by Gasteiger charge is 2.22. The summed E-state index contributed by atoms with van der Waals surface area (Å²) in [6, 6.07) is 17.3. The number of aromatic nitrogens is 3. The number of thioether (sulfide) groups is 1. The molecule has 0 aliphatic heterocycles. The van der Waals surface area contributed by atoms with Gasteiger partial charge >= 0.3 is 0 Å². The molecule has 1 atom stereocenters. The number of Topliss-reactive ketones (excluding diaryl/α,β-unsaturated/α-hetero) is 1. The quantitative estimate of drug-likeness (QED) is 0.430. The molecule has 0 saturated carbocycles. The van der Waals surface area contributed by atoms with E-state index < -0.39 is 0 Å². The summed E-state index contributed by atoms with van der Waals surface area (Å²) in [5.41, 5.74) is 1.68. The van der Waals surface area contributed by atoms with Crippen LogP contribution >= 0.6 is 11.8 Å². The van der Waals surface area contributed by atoms with E-state index in [0.29, 0.717) is 5.56 Å². The molecule has 0 unspecified atom stereocenters. The van der Waals surface area contributed by atoms with Gasteiger partial charge in [0, 0.05) is 17.2 Å². The van der Waals surface area contributed by atoms with Gasteiger partial charge in [0.05, 0.1) is 12.4 Å². The van der Waals surface area contributed by atoms with Crippen molar-refractivity contribution in [1.29, 1.82) is 0 Å². The highest BCUT2D eigenvalue weighted by Crippen LogP contribution is 2.31. The van der Waals surface area contributed by atoms with E-state index in [0.717, 1.165) is 22.3 Å². The third-order valence-electron chi connectivity index (χ3n) is 4.24. The summed E-state index contributed by atoms with van der Waals surface area (Å²) in [5, 5.41) is 9.24. The Labute approximate surface area is 163 Å². The monoisotopic (exact) mass is 381 g/mol. The standard InChI is InChI=1S/C21H23N3O2S/c1-14(2)24-20(17-10-12-18(26-4)13-11-17)22-23-21(24)27-15(3)19(25)16-8-6-5-7-9-16/h5-15H,1-4H3/t15-/m0/s1. The summed E-state index contributed by atoms with van der Waals surface area (Å²) >= 11 is 1.44.